The molecule has 0 saturated heterocycles. The normalized spacial score (nSPS) is 10.5. The van der Waals surface area contributed by atoms with Crippen LogP contribution in [0.5, 0.6) is 0 Å². The van der Waals surface area contributed by atoms with Crippen LogP contribution in [0.25, 0.3) is 0 Å². The van der Waals surface area contributed by atoms with Crippen LogP contribution in [0.15, 0.2) is 40.2 Å². The molecule has 0 atom stereocenters. The Bertz CT molecular complexity index is 442. The Morgan fingerprint density at radius 1 is 1.09 bits per heavy atom. The third-order valence-electron chi connectivity index (χ3n) is 2.51. The molecule has 0 bridgehead atoms. The number of carbonyl (C=O) groups is 1. The maximum Gasteiger partial charge on any atom is 0.241 e. The summed E-state index contributed by atoms with van der Waals surface area (Å²) in [4.78, 5) is 16.9. The Kier molecular flexibility index (Phi) is 13.1. The second kappa shape index (κ2) is 13.7. The van der Waals surface area contributed by atoms with Crippen LogP contribution in [0.2, 0.25) is 0 Å². The number of likely N-dealkylation sites (N-methyl/N-ethyl adjacent to an activating group) is 1. The van der Waals surface area contributed by atoms with Crippen LogP contribution in [-0.2, 0) is 4.79 Å². The lowest BCUT2D eigenvalue weighted by molar-refractivity contribution is -0.119. The van der Waals surface area contributed by atoms with E-state index in [2.05, 4.69) is 33.1 Å². The summed E-state index contributed by atoms with van der Waals surface area (Å²) in [6, 6.07) is 10.3. The van der Waals surface area contributed by atoms with Crippen LogP contribution in [0.4, 0.5) is 0 Å². The van der Waals surface area contributed by atoms with E-state index in [0.717, 1.165) is 18.8 Å². The van der Waals surface area contributed by atoms with Crippen molar-refractivity contribution in [2.45, 2.75) is 18.7 Å². The van der Waals surface area contributed by atoms with Gasteiger partial charge in [0, 0.05) is 30.3 Å². The molecule has 0 aliphatic carbocycles. The van der Waals surface area contributed by atoms with Crippen LogP contribution in [0.3, 0.4) is 0 Å². The van der Waals surface area contributed by atoms with E-state index in [1.54, 1.807) is 11.8 Å². The Morgan fingerprint density at radius 3 is 2.41 bits per heavy atom. The third kappa shape index (κ3) is 9.88. The Morgan fingerprint density at radius 2 is 1.77 bits per heavy atom. The number of benzene rings is 1. The molecule has 124 valence electrons. The van der Waals surface area contributed by atoms with Crippen LogP contribution < -0.4 is 16.0 Å². The summed E-state index contributed by atoms with van der Waals surface area (Å²) < 4.78 is 0. The van der Waals surface area contributed by atoms with E-state index in [4.69, 9.17) is 0 Å². The van der Waals surface area contributed by atoms with Crippen molar-refractivity contribution >= 4 is 47.6 Å². The van der Waals surface area contributed by atoms with E-state index >= 15 is 0 Å². The second-order valence-corrected chi connectivity index (χ2v) is 5.41. The first-order valence-corrected chi connectivity index (χ1v) is 8.21. The highest BCUT2D eigenvalue weighted by Gasteiger charge is 2.00. The minimum absolute atomic E-state index is 0. The van der Waals surface area contributed by atoms with Crippen molar-refractivity contribution in [1.82, 2.24) is 16.0 Å². The number of amides is 1. The van der Waals surface area contributed by atoms with E-state index in [1.165, 1.54) is 4.90 Å². The molecule has 0 heterocycles. The van der Waals surface area contributed by atoms with Crippen molar-refractivity contribution in [3.05, 3.63) is 30.3 Å². The molecule has 3 N–H and O–H groups in total. The number of nitrogens with zero attached hydrogens (tertiary/aromatic N) is 1. The molecule has 0 unspecified atom stereocenters. The lowest BCUT2D eigenvalue weighted by Gasteiger charge is -2.11. The molecular formula is C15H25IN4OS. The lowest BCUT2D eigenvalue weighted by Crippen LogP contribution is -2.39. The fourth-order valence-corrected chi connectivity index (χ4v) is 2.39. The summed E-state index contributed by atoms with van der Waals surface area (Å²) in [5, 5.41) is 9.08. The van der Waals surface area contributed by atoms with Gasteiger partial charge in [0.25, 0.3) is 0 Å². The van der Waals surface area contributed by atoms with Gasteiger partial charge in [-0.1, -0.05) is 18.2 Å². The maximum absolute atomic E-state index is 11.4. The number of thioether (sulfide) groups is 1. The van der Waals surface area contributed by atoms with Crippen molar-refractivity contribution in [3.63, 3.8) is 0 Å². The van der Waals surface area contributed by atoms with Gasteiger partial charge >= 0.3 is 0 Å². The molecule has 0 aromatic heterocycles. The first kappa shape index (κ1) is 21.0. The van der Waals surface area contributed by atoms with Gasteiger partial charge in [0.2, 0.25) is 5.91 Å². The quantitative estimate of drug-likeness (QED) is 0.192. The van der Waals surface area contributed by atoms with Gasteiger partial charge < -0.3 is 16.0 Å². The summed E-state index contributed by atoms with van der Waals surface area (Å²) in [6.07, 6.45) is 0. The fraction of sp³-hybridized carbons (Fsp3) is 0.467. The van der Waals surface area contributed by atoms with Crippen LogP contribution >= 0.6 is 35.7 Å². The first-order chi connectivity index (χ1) is 10.3. The fourth-order valence-electron chi connectivity index (χ4n) is 1.60. The zero-order valence-corrected chi connectivity index (χ0v) is 16.2. The van der Waals surface area contributed by atoms with E-state index in [9.17, 15) is 4.79 Å². The molecule has 1 rings (SSSR count). The second-order valence-electron chi connectivity index (χ2n) is 4.24. The predicted octanol–water partition coefficient (Wildman–Crippen LogP) is 2.09. The third-order valence-corrected chi connectivity index (χ3v) is 3.52. The molecule has 7 heteroatoms. The number of carbonyl (C=O) groups excluding carboxylic acids is 1. The van der Waals surface area contributed by atoms with Crippen LogP contribution in [0, 0.1) is 0 Å². The van der Waals surface area contributed by atoms with Gasteiger partial charge in [-0.15, -0.1) is 35.7 Å². The highest BCUT2D eigenvalue weighted by atomic mass is 127. The van der Waals surface area contributed by atoms with Gasteiger partial charge in [-0.25, -0.2) is 4.99 Å². The summed E-state index contributed by atoms with van der Waals surface area (Å²) in [5.74, 6) is 1.56. The number of rotatable bonds is 8. The average Bonchev–Trinajstić information content (AvgIpc) is 2.50. The maximum atomic E-state index is 11.4. The van der Waals surface area contributed by atoms with Gasteiger partial charge in [0.1, 0.15) is 6.54 Å². The highest BCUT2D eigenvalue weighted by molar-refractivity contribution is 14.0. The van der Waals surface area contributed by atoms with Gasteiger partial charge in [-0.3, -0.25) is 4.79 Å². The van der Waals surface area contributed by atoms with Crippen LogP contribution in [-0.4, -0.2) is 43.8 Å². The molecule has 0 saturated carbocycles. The standard InChI is InChI=1S/C15H24N4OS.HI/c1-3-16-14(20)12-19-15(17-4-2)18-10-11-21-13-8-6-5-7-9-13;/h5-9H,3-4,10-12H2,1-2H3,(H,16,20)(H2,17,18,19);1H. The van der Waals surface area contributed by atoms with Crippen molar-refractivity contribution in [2.24, 2.45) is 4.99 Å². The molecule has 0 aliphatic rings. The van der Waals surface area contributed by atoms with Crippen molar-refractivity contribution in [2.75, 3.05) is 31.9 Å². The number of hydrogen-bond donors (Lipinski definition) is 3. The number of hydrogen-bond acceptors (Lipinski definition) is 3. The Hall–Kier alpha value is -0.960. The summed E-state index contributed by atoms with van der Waals surface area (Å²) >= 11 is 1.79. The molecule has 1 aromatic carbocycles. The Labute approximate surface area is 154 Å². The number of halogens is 1. The number of guanidine groups is 1. The molecule has 1 amide bonds. The van der Waals surface area contributed by atoms with Gasteiger partial charge in [0.05, 0.1) is 0 Å². The molecule has 0 radical (unpaired) electrons. The van der Waals surface area contributed by atoms with Gasteiger partial charge in [-0.2, -0.15) is 0 Å². The number of nitrogens with one attached hydrogen (secondary N) is 3. The van der Waals surface area contributed by atoms with E-state index in [0.29, 0.717) is 12.5 Å². The van der Waals surface area contributed by atoms with Crippen molar-refractivity contribution in [1.29, 1.82) is 0 Å². The lowest BCUT2D eigenvalue weighted by atomic mass is 10.4. The smallest absolute Gasteiger partial charge is 0.241 e. The van der Waals surface area contributed by atoms with E-state index in [-0.39, 0.29) is 36.4 Å². The zero-order chi connectivity index (χ0) is 15.3. The number of aliphatic imine (C=N–C) groups is 1. The first-order valence-electron chi connectivity index (χ1n) is 7.23. The van der Waals surface area contributed by atoms with Gasteiger partial charge in [-0.05, 0) is 26.0 Å². The molecule has 5 nitrogen and oxygen atoms in total. The minimum atomic E-state index is -0.0617. The molecule has 22 heavy (non-hydrogen) atoms. The average molecular weight is 436 g/mol. The Balaban J connectivity index is 0.00000441. The van der Waals surface area contributed by atoms with Crippen molar-refractivity contribution in [3.8, 4) is 0 Å². The molecule has 0 spiro atoms. The van der Waals surface area contributed by atoms with Gasteiger partial charge in [0.15, 0.2) is 5.96 Å². The van der Waals surface area contributed by atoms with Crippen molar-refractivity contribution < 1.29 is 4.79 Å². The summed E-state index contributed by atoms with van der Waals surface area (Å²) in [6.45, 7) is 6.24. The summed E-state index contributed by atoms with van der Waals surface area (Å²) in [5.41, 5.74) is 0. The largest absolute Gasteiger partial charge is 0.357 e. The van der Waals surface area contributed by atoms with E-state index in [1.807, 2.05) is 32.0 Å². The molecular weight excluding hydrogens is 411 g/mol. The minimum Gasteiger partial charge on any atom is -0.357 e. The molecule has 0 aliphatic heterocycles. The topological polar surface area (TPSA) is 65.5 Å². The van der Waals surface area contributed by atoms with Crippen LogP contribution in [0.1, 0.15) is 13.8 Å². The molecule has 0 fully saturated rings. The SMILES string of the molecule is CCNC(=O)CN=C(NCC)NCCSc1ccccc1.I. The highest BCUT2D eigenvalue weighted by Crippen LogP contribution is 2.15. The monoisotopic (exact) mass is 436 g/mol. The van der Waals surface area contributed by atoms with E-state index < -0.39 is 0 Å². The molecule has 1 aromatic rings. The summed E-state index contributed by atoms with van der Waals surface area (Å²) in [7, 11) is 0. The predicted molar refractivity (Wildman–Crippen MR) is 105 cm³/mol. The zero-order valence-electron chi connectivity index (χ0n) is 13.1.